The topological polar surface area (TPSA) is 66.6 Å². The molecule has 0 saturated carbocycles. The normalized spacial score (nSPS) is 22.6. The molecule has 1 aliphatic rings. The molecule has 106 valence electrons. The van der Waals surface area contributed by atoms with E-state index in [2.05, 4.69) is 4.90 Å². The molecule has 1 fully saturated rings. The Morgan fingerprint density at radius 2 is 2.00 bits per heavy atom. The van der Waals surface area contributed by atoms with Crippen molar-refractivity contribution in [2.24, 2.45) is 5.73 Å². The lowest BCUT2D eigenvalue weighted by atomic mass is 10.2. The highest BCUT2D eigenvalue weighted by atomic mass is 32.2. The predicted octanol–water partition coefficient (Wildman–Crippen LogP) is 0.470. The van der Waals surface area contributed by atoms with E-state index in [0.29, 0.717) is 17.0 Å². The Labute approximate surface area is 115 Å². The summed E-state index contributed by atoms with van der Waals surface area (Å²) in [7, 11) is -1.44. The van der Waals surface area contributed by atoms with Crippen LogP contribution in [0.5, 0.6) is 0 Å². The monoisotopic (exact) mass is 283 g/mol. The summed E-state index contributed by atoms with van der Waals surface area (Å²) < 4.78 is 27.1. The predicted molar refractivity (Wildman–Crippen MR) is 75.2 cm³/mol. The van der Waals surface area contributed by atoms with Crippen LogP contribution >= 0.6 is 0 Å². The van der Waals surface area contributed by atoms with Crippen LogP contribution in [0.4, 0.5) is 0 Å². The van der Waals surface area contributed by atoms with E-state index in [1.54, 1.807) is 22.5 Å². The van der Waals surface area contributed by atoms with E-state index in [1.165, 1.54) is 0 Å². The maximum Gasteiger partial charge on any atom is 0.243 e. The van der Waals surface area contributed by atoms with E-state index in [1.807, 2.05) is 20.0 Å². The van der Waals surface area contributed by atoms with E-state index in [9.17, 15) is 8.42 Å². The Bertz CT molecular complexity index is 545. The van der Waals surface area contributed by atoms with Crippen LogP contribution in [0.2, 0.25) is 0 Å². The smallest absolute Gasteiger partial charge is 0.243 e. The van der Waals surface area contributed by atoms with Crippen molar-refractivity contribution in [3.8, 4) is 0 Å². The number of nitrogens with two attached hydrogens (primary N) is 1. The SMILES string of the molecule is CC1CN(C)CCN1S(=O)(=O)c1ccccc1CN. The Morgan fingerprint density at radius 3 is 2.63 bits per heavy atom. The summed E-state index contributed by atoms with van der Waals surface area (Å²) in [6.45, 7) is 4.22. The lowest BCUT2D eigenvalue weighted by Gasteiger charge is -2.37. The second kappa shape index (κ2) is 5.58. The maximum absolute atomic E-state index is 12.7. The third-order valence-electron chi connectivity index (χ3n) is 3.55. The van der Waals surface area contributed by atoms with Crippen LogP contribution in [-0.2, 0) is 16.6 Å². The molecular weight excluding hydrogens is 262 g/mol. The minimum absolute atomic E-state index is 0.0189. The fraction of sp³-hybridized carbons (Fsp3) is 0.538. The fourth-order valence-corrected chi connectivity index (χ4v) is 4.38. The number of hydrogen-bond acceptors (Lipinski definition) is 4. The van der Waals surface area contributed by atoms with Gasteiger partial charge >= 0.3 is 0 Å². The summed E-state index contributed by atoms with van der Waals surface area (Å²) in [4.78, 5) is 2.49. The summed E-state index contributed by atoms with van der Waals surface area (Å²) in [6.07, 6.45) is 0. The first kappa shape index (κ1) is 14.5. The number of likely N-dealkylation sites (N-methyl/N-ethyl adjacent to an activating group) is 1. The Kier molecular flexibility index (Phi) is 4.25. The Balaban J connectivity index is 2.37. The molecular formula is C13H21N3O2S. The molecule has 0 bridgehead atoms. The minimum atomic E-state index is -3.45. The molecule has 1 atom stereocenters. The third kappa shape index (κ3) is 2.81. The molecule has 0 spiro atoms. The van der Waals surface area contributed by atoms with Crippen molar-refractivity contribution in [3.05, 3.63) is 29.8 Å². The van der Waals surface area contributed by atoms with Crippen molar-refractivity contribution in [1.82, 2.24) is 9.21 Å². The van der Waals surface area contributed by atoms with Gasteiger partial charge in [0.2, 0.25) is 10.0 Å². The first-order valence-corrected chi connectivity index (χ1v) is 7.89. The van der Waals surface area contributed by atoms with Crippen LogP contribution in [0.3, 0.4) is 0 Å². The number of piperazine rings is 1. The van der Waals surface area contributed by atoms with E-state index in [-0.39, 0.29) is 12.6 Å². The van der Waals surface area contributed by atoms with E-state index >= 15 is 0 Å². The van der Waals surface area contributed by atoms with Gasteiger partial charge in [-0.15, -0.1) is 0 Å². The standard InChI is InChI=1S/C13H21N3O2S/c1-11-10-15(2)7-8-16(11)19(17,18)13-6-4-3-5-12(13)9-14/h3-6,11H,7-10,14H2,1-2H3. The highest BCUT2D eigenvalue weighted by Crippen LogP contribution is 2.23. The number of nitrogens with zero attached hydrogens (tertiary/aromatic N) is 2. The average molecular weight is 283 g/mol. The summed E-state index contributed by atoms with van der Waals surface area (Å²) in [5.74, 6) is 0. The molecule has 5 nitrogen and oxygen atoms in total. The van der Waals surface area contributed by atoms with Gasteiger partial charge in [0.25, 0.3) is 0 Å². The van der Waals surface area contributed by atoms with E-state index in [4.69, 9.17) is 5.73 Å². The first-order chi connectivity index (χ1) is 8.96. The minimum Gasteiger partial charge on any atom is -0.326 e. The molecule has 2 N–H and O–H groups in total. The molecule has 0 radical (unpaired) electrons. The van der Waals surface area contributed by atoms with Gasteiger partial charge in [0.05, 0.1) is 4.90 Å². The number of rotatable bonds is 3. The molecule has 1 aromatic carbocycles. The highest BCUT2D eigenvalue weighted by molar-refractivity contribution is 7.89. The Hall–Kier alpha value is -0.950. The van der Waals surface area contributed by atoms with Crippen molar-refractivity contribution in [3.63, 3.8) is 0 Å². The summed E-state index contributed by atoms with van der Waals surface area (Å²) in [6, 6.07) is 6.95. The lowest BCUT2D eigenvalue weighted by molar-refractivity contribution is 0.170. The zero-order valence-corrected chi connectivity index (χ0v) is 12.2. The molecule has 2 rings (SSSR count). The number of hydrogen-bond donors (Lipinski definition) is 1. The van der Waals surface area contributed by atoms with Gasteiger partial charge in [-0.2, -0.15) is 4.31 Å². The molecule has 1 aromatic rings. The molecule has 0 aromatic heterocycles. The van der Waals surface area contributed by atoms with Gasteiger partial charge in [0, 0.05) is 32.2 Å². The van der Waals surface area contributed by atoms with E-state index in [0.717, 1.165) is 13.1 Å². The number of benzene rings is 1. The molecule has 1 saturated heterocycles. The Morgan fingerprint density at radius 1 is 1.32 bits per heavy atom. The van der Waals surface area contributed by atoms with Crippen molar-refractivity contribution >= 4 is 10.0 Å². The average Bonchev–Trinajstić information content (AvgIpc) is 2.38. The quantitative estimate of drug-likeness (QED) is 0.875. The zero-order chi connectivity index (χ0) is 14.0. The molecule has 1 heterocycles. The van der Waals surface area contributed by atoms with Crippen LogP contribution in [0, 0.1) is 0 Å². The summed E-state index contributed by atoms with van der Waals surface area (Å²) in [5, 5.41) is 0. The van der Waals surface area contributed by atoms with Gasteiger partial charge in [0.1, 0.15) is 0 Å². The van der Waals surface area contributed by atoms with Crippen molar-refractivity contribution in [2.45, 2.75) is 24.4 Å². The highest BCUT2D eigenvalue weighted by Gasteiger charge is 2.33. The van der Waals surface area contributed by atoms with Crippen LogP contribution < -0.4 is 5.73 Å². The second-order valence-corrected chi connectivity index (χ2v) is 6.90. The summed E-state index contributed by atoms with van der Waals surface area (Å²) in [5.41, 5.74) is 6.32. The van der Waals surface area contributed by atoms with Crippen molar-refractivity contribution in [2.75, 3.05) is 26.7 Å². The molecule has 0 aliphatic carbocycles. The summed E-state index contributed by atoms with van der Waals surface area (Å²) >= 11 is 0. The van der Waals surface area contributed by atoms with Crippen molar-refractivity contribution in [1.29, 1.82) is 0 Å². The van der Waals surface area contributed by atoms with E-state index < -0.39 is 10.0 Å². The lowest BCUT2D eigenvalue weighted by Crippen LogP contribution is -2.52. The fourth-order valence-electron chi connectivity index (χ4n) is 2.53. The van der Waals surface area contributed by atoms with Crippen molar-refractivity contribution < 1.29 is 8.42 Å². The van der Waals surface area contributed by atoms with Crippen LogP contribution in [0.1, 0.15) is 12.5 Å². The molecule has 19 heavy (non-hydrogen) atoms. The zero-order valence-electron chi connectivity index (χ0n) is 11.4. The second-order valence-electron chi connectivity index (χ2n) is 5.04. The van der Waals surface area contributed by atoms with Gasteiger partial charge in [0.15, 0.2) is 0 Å². The molecule has 1 unspecified atom stereocenters. The van der Waals surface area contributed by atoms with Crippen LogP contribution in [0.15, 0.2) is 29.2 Å². The largest absolute Gasteiger partial charge is 0.326 e. The number of sulfonamides is 1. The van der Waals surface area contributed by atoms with Gasteiger partial charge in [-0.25, -0.2) is 8.42 Å². The third-order valence-corrected chi connectivity index (χ3v) is 5.66. The van der Waals surface area contributed by atoms with Gasteiger partial charge < -0.3 is 10.6 Å². The van der Waals surface area contributed by atoms with Gasteiger partial charge in [-0.1, -0.05) is 18.2 Å². The molecule has 1 aliphatic heterocycles. The van der Waals surface area contributed by atoms with Gasteiger partial charge in [-0.05, 0) is 25.6 Å². The van der Waals surface area contributed by atoms with Crippen LogP contribution in [0.25, 0.3) is 0 Å². The maximum atomic E-state index is 12.7. The first-order valence-electron chi connectivity index (χ1n) is 6.45. The van der Waals surface area contributed by atoms with Crippen LogP contribution in [-0.4, -0.2) is 50.3 Å². The molecule has 6 heteroatoms. The van der Waals surface area contributed by atoms with Gasteiger partial charge in [-0.3, -0.25) is 0 Å². The molecule has 0 amide bonds.